The van der Waals surface area contributed by atoms with E-state index in [-0.39, 0.29) is 0 Å². The summed E-state index contributed by atoms with van der Waals surface area (Å²) in [7, 11) is 0. The summed E-state index contributed by atoms with van der Waals surface area (Å²) in [6, 6.07) is 2.09. The quantitative estimate of drug-likeness (QED) is 0.816. The van der Waals surface area contributed by atoms with Crippen molar-refractivity contribution in [1.82, 2.24) is 10.6 Å². The van der Waals surface area contributed by atoms with E-state index in [9.17, 15) is 0 Å². The van der Waals surface area contributed by atoms with Crippen LogP contribution in [0, 0.1) is 0 Å². The van der Waals surface area contributed by atoms with Gasteiger partial charge in [0.25, 0.3) is 0 Å². The van der Waals surface area contributed by atoms with Crippen LogP contribution in [0.4, 0.5) is 0 Å². The maximum atomic E-state index is 5.63. The number of ether oxygens (including phenoxy) is 1. The van der Waals surface area contributed by atoms with Gasteiger partial charge in [0, 0.05) is 29.0 Å². The van der Waals surface area contributed by atoms with E-state index >= 15 is 0 Å². The van der Waals surface area contributed by atoms with E-state index in [1.54, 1.807) is 11.3 Å². The van der Waals surface area contributed by atoms with Gasteiger partial charge in [-0.3, -0.25) is 0 Å². The first-order valence-corrected chi connectivity index (χ1v) is 7.28. The van der Waals surface area contributed by atoms with Crippen LogP contribution < -0.4 is 10.6 Å². The molecule has 0 amide bonds. The predicted molar refractivity (Wildman–Crippen MR) is 71.0 cm³/mol. The Kier molecular flexibility index (Phi) is 5.25. The van der Waals surface area contributed by atoms with Crippen molar-refractivity contribution in [3.63, 3.8) is 0 Å². The molecule has 0 aliphatic carbocycles. The maximum Gasteiger partial charge on any atom is 0.0712 e. The minimum Gasteiger partial charge on any atom is -0.376 e. The number of nitrogens with one attached hydrogen (secondary N) is 2. The van der Waals surface area contributed by atoms with Crippen molar-refractivity contribution in [3.8, 4) is 0 Å². The van der Waals surface area contributed by atoms with Gasteiger partial charge in [-0.2, -0.15) is 0 Å². The third-order valence-corrected chi connectivity index (χ3v) is 4.55. The average molecular weight is 305 g/mol. The Morgan fingerprint density at radius 2 is 2.56 bits per heavy atom. The molecule has 1 atom stereocenters. The number of morpholine rings is 1. The molecule has 1 saturated heterocycles. The zero-order valence-electron chi connectivity index (χ0n) is 9.17. The van der Waals surface area contributed by atoms with Gasteiger partial charge in [-0.15, -0.1) is 11.3 Å². The topological polar surface area (TPSA) is 33.3 Å². The van der Waals surface area contributed by atoms with Crippen molar-refractivity contribution >= 4 is 27.3 Å². The lowest BCUT2D eigenvalue weighted by molar-refractivity contribution is 0.0238. The Labute approximate surface area is 109 Å². The molecule has 3 nitrogen and oxygen atoms in total. The summed E-state index contributed by atoms with van der Waals surface area (Å²) in [6.45, 7) is 4.78. The van der Waals surface area contributed by atoms with Crippen LogP contribution >= 0.6 is 27.3 Å². The Balaban J connectivity index is 1.59. The highest BCUT2D eigenvalue weighted by molar-refractivity contribution is 9.10. The van der Waals surface area contributed by atoms with Crippen molar-refractivity contribution in [2.75, 3.05) is 26.2 Å². The summed E-state index contributed by atoms with van der Waals surface area (Å²) in [4.78, 5) is 1.36. The van der Waals surface area contributed by atoms with E-state index in [4.69, 9.17) is 4.74 Å². The molecule has 0 saturated carbocycles. The normalized spacial score (nSPS) is 21.2. The molecule has 1 aliphatic heterocycles. The molecule has 16 heavy (non-hydrogen) atoms. The highest BCUT2D eigenvalue weighted by atomic mass is 79.9. The number of halogens is 1. The Hall–Kier alpha value is 0.0600. The van der Waals surface area contributed by atoms with Crippen molar-refractivity contribution in [3.05, 3.63) is 20.8 Å². The molecular formula is C11H17BrN2OS. The van der Waals surface area contributed by atoms with E-state index in [1.807, 2.05) is 0 Å². The van der Waals surface area contributed by atoms with Gasteiger partial charge >= 0.3 is 0 Å². The third-order valence-electron chi connectivity index (χ3n) is 2.62. The lowest BCUT2D eigenvalue weighted by Crippen LogP contribution is -2.39. The van der Waals surface area contributed by atoms with Gasteiger partial charge in [-0.1, -0.05) is 0 Å². The Bertz CT molecular complexity index is 313. The molecule has 1 aromatic heterocycles. The third kappa shape index (κ3) is 3.82. The van der Waals surface area contributed by atoms with Crippen molar-refractivity contribution < 1.29 is 4.74 Å². The molecule has 2 rings (SSSR count). The zero-order valence-corrected chi connectivity index (χ0v) is 11.6. The molecule has 1 fully saturated rings. The zero-order chi connectivity index (χ0) is 11.2. The summed E-state index contributed by atoms with van der Waals surface area (Å²) < 4.78 is 6.84. The fourth-order valence-corrected chi connectivity index (χ4v) is 3.18. The van der Waals surface area contributed by atoms with Gasteiger partial charge in [-0.25, -0.2) is 0 Å². The van der Waals surface area contributed by atoms with Crippen molar-refractivity contribution in [1.29, 1.82) is 0 Å². The second-order valence-corrected chi connectivity index (χ2v) is 5.71. The first kappa shape index (κ1) is 12.5. The fourth-order valence-electron chi connectivity index (χ4n) is 1.72. The highest BCUT2D eigenvalue weighted by Gasteiger charge is 2.12. The van der Waals surface area contributed by atoms with Crippen LogP contribution in [0.2, 0.25) is 0 Å². The van der Waals surface area contributed by atoms with Crippen LogP contribution in [0.25, 0.3) is 0 Å². The van der Waals surface area contributed by atoms with Crippen LogP contribution in [0.15, 0.2) is 15.9 Å². The fraction of sp³-hybridized carbons (Fsp3) is 0.636. The van der Waals surface area contributed by atoms with Crippen molar-refractivity contribution in [2.24, 2.45) is 0 Å². The summed E-state index contributed by atoms with van der Waals surface area (Å²) in [5.41, 5.74) is 0. The molecule has 0 bridgehead atoms. The number of rotatable bonds is 5. The van der Waals surface area contributed by atoms with Gasteiger partial charge in [0.1, 0.15) is 0 Å². The van der Waals surface area contributed by atoms with Gasteiger partial charge in [-0.05, 0) is 40.3 Å². The van der Waals surface area contributed by atoms with E-state index in [2.05, 4.69) is 38.0 Å². The minimum absolute atomic E-state index is 0.382. The Morgan fingerprint density at radius 1 is 1.62 bits per heavy atom. The first-order chi connectivity index (χ1) is 7.86. The standard InChI is InChI=1S/C11H17BrN2OS/c12-10-2-6-16-11(10)8-13-3-1-9-7-14-4-5-15-9/h2,6,9,13-14H,1,3-5,7-8H2. The van der Waals surface area contributed by atoms with Gasteiger partial charge in [0.2, 0.25) is 0 Å². The van der Waals surface area contributed by atoms with E-state index < -0.39 is 0 Å². The lowest BCUT2D eigenvalue weighted by Gasteiger charge is -2.23. The highest BCUT2D eigenvalue weighted by Crippen LogP contribution is 2.22. The van der Waals surface area contributed by atoms with Crippen LogP contribution in [-0.2, 0) is 11.3 Å². The molecule has 2 N–H and O–H groups in total. The molecule has 90 valence electrons. The largest absolute Gasteiger partial charge is 0.376 e. The molecule has 0 radical (unpaired) electrons. The molecule has 1 aliphatic rings. The maximum absolute atomic E-state index is 5.63. The van der Waals surface area contributed by atoms with E-state index in [0.717, 1.165) is 39.2 Å². The van der Waals surface area contributed by atoms with Gasteiger partial charge in [0.15, 0.2) is 0 Å². The predicted octanol–water partition coefficient (Wildman–Crippen LogP) is 1.98. The minimum atomic E-state index is 0.382. The van der Waals surface area contributed by atoms with E-state index in [0.29, 0.717) is 6.10 Å². The summed E-state index contributed by atoms with van der Waals surface area (Å²) in [6.07, 6.45) is 1.46. The molecule has 5 heteroatoms. The second kappa shape index (κ2) is 6.71. The SMILES string of the molecule is Brc1ccsc1CNCCC1CNCCO1. The molecule has 1 unspecified atom stereocenters. The molecule has 2 heterocycles. The van der Waals surface area contributed by atoms with Gasteiger partial charge < -0.3 is 15.4 Å². The summed E-state index contributed by atoms with van der Waals surface area (Å²) in [5, 5.41) is 8.90. The Morgan fingerprint density at radius 3 is 3.25 bits per heavy atom. The smallest absolute Gasteiger partial charge is 0.0712 e. The monoisotopic (exact) mass is 304 g/mol. The second-order valence-electron chi connectivity index (χ2n) is 3.85. The first-order valence-electron chi connectivity index (χ1n) is 5.61. The van der Waals surface area contributed by atoms with Gasteiger partial charge in [0.05, 0.1) is 12.7 Å². The molecule has 0 spiro atoms. The summed E-state index contributed by atoms with van der Waals surface area (Å²) >= 11 is 5.31. The van der Waals surface area contributed by atoms with E-state index in [1.165, 1.54) is 9.35 Å². The van der Waals surface area contributed by atoms with Crippen LogP contribution in [0.3, 0.4) is 0 Å². The lowest BCUT2D eigenvalue weighted by atomic mass is 10.2. The van der Waals surface area contributed by atoms with Crippen LogP contribution in [0.5, 0.6) is 0 Å². The summed E-state index contributed by atoms with van der Waals surface area (Å²) in [5.74, 6) is 0. The van der Waals surface area contributed by atoms with Crippen LogP contribution in [0.1, 0.15) is 11.3 Å². The number of hydrogen-bond acceptors (Lipinski definition) is 4. The van der Waals surface area contributed by atoms with Crippen LogP contribution in [-0.4, -0.2) is 32.3 Å². The molecule has 0 aromatic carbocycles. The molecular weight excluding hydrogens is 288 g/mol. The van der Waals surface area contributed by atoms with Crippen molar-refractivity contribution in [2.45, 2.75) is 19.1 Å². The average Bonchev–Trinajstić information content (AvgIpc) is 2.72. The number of thiophene rings is 1. The molecule has 1 aromatic rings. The number of hydrogen-bond donors (Lipinski definition) is 2.